The van der Waals surface area contributed by atoms with Crippen LogP contribution in [0.2, 0.25) is 0 Å². The van der Waals surface area contributed by atoms with Crippen LogP contribution in [-0.2, 0) is 0 Å². The fourth-order valence-corrected chi connectivity index (χ4v) is 2.67. The number of aromatic nitrogens is 4. The van der Waals surface area contributed by atoms with Crippen molar-refractivity contribution in [1.82, 2.24) is 19.8 Å². The largest absolute Gasteiger partial charge is 0.388 e. The molecular weight excluding hydrogens is 302 g/mol. The van der Waals surface area contributed by atoms with Crippen molar-refractivity contribution in [2.24, 2.45) is 0 Å². The number of anilines is 1. The molecule has 0 bridgehead atoms. The molecule has 126 valence electrons. The van der Waals surface area contributed by atoms with Crippen molar-refractivity contribution in [1.29, 1.82) is 0 Å². The van der Waals surface area contributed by atoms with Crippen LogP contribution < -0.4 is 4.90 Å². The molecular formula is C18H23N5O. The van der Waals surface area contributed by atoms with Gasteiger partial charge < -0.3 is 10.0 Å². The molecule has 3 aromatic rings. The minimum atomic E-state index is -0.478. The fraction of sp³-hybridized carbons (Fsp3) is 0.389. The first-order valence-electron chi connectivity index (χ1n) is 8.21. The molecule has 0 aliphatic heterocycles. The number of rotatable bonds is 6. The van der Waals surface area contributed by atoms with Gasteiger partial charge in [0.1, 0.15) is 6.33 Å². The number of hydrogen-bond acceptors (Lipinski definition) is 5. The molecule has 0 amide bonds. The van der Waals surface area contributed by atoms with Crippen LogP contribution in [0.15, 0.2) is 42.7 Å². The molecule has 0 aliphatic rings. The van der Waals surface area contributed by atoms with Gasteiger partial charge in [-0.3, -0.25) is 0 Å². The van der Waals surface area contributed by atoms with E-state index in [1.54, 1.807) is 10.8 Å². The third-order valence-corrected chi connectivity index (χ3v) is 4.19. The van der Waals surface area contributed by atoms with Crippen LogP contribution >= 0.6 is 0 Å². The third kappa shape index (κ3) is 3.38. The summed E-state index contributed by atoms with van der Waals surface area (Å²) < 4.78 is 1.72. The molecule has 2 heterocycles. The molecule has 1 atom stereocenters. The quantitative estimate of drug-likeness (QED) is 0.755. The number of aliphatic hydroxyl groups excluding tert-OH is 1. The first-order chi connectivity index (χ1) is 11.6. The smallest absolute Gasteiger partial charge is 0.200 e. The van der Waals surface area contributed by atoms with Gasteiger partial charge in [0.25, 0.3) is 0 Å². The van der Waals surface area contributed by atoms with Gasteiger partial charge in [0.05, 0.1) is 17.5 Å². The lowest BCUT2D eigenvalue weighted by Crippen LogP contribution is -2.22. The summed E-state index contributed by atoms with van der Waals surface area (Å²) >= 11 is 0. The monoisotopic (exact) mass is 325 g/mol. The zero-order valence-corrected chi connectivity index (χ0v) is 14.3. The summed E-state index contributed by atoms with van der Waals surface area (Å²) in [5.74, 6) is 0.318. The van der Waals surface area contributed by atoms with Crippen molar-refractivity contribution in [2.45, 2.75) is 32.3 Å². The Hall–Kier alpha value is -2.47. The molecule has 0 fully saturated rings. The van der Waals surface area contributed by atoms with Gasteiger partial charge in [-0.05, 0) is 24.0 Å². The molecule has 3 rings (SSSR count). The average Bonchev–Trinajstić information content (AvgIpc) is 3.07. The second-order valence-electron chi connectivity index (χ2n) is 6.34. The Morgan fingerprint density at radius 1 is 1.21 bits per heavy atom. The Morgan fingerprint density at radius 3 is 2.67 bits per heavy atom. The predicted octanol–water partition coefficient (Wildman–Crippen LogP) is 2.81. The minimum Gasteiger partial charge on any atom is -0.388 e. The Balaban J connectivity index is 1.78. The second-order valence-corrected chi connectivity index (χ2v) is 6.34. The van der Waals surface area contributed by atoms with Gasteiger partial charge in [0.2, 0.25) is 5.65 Å². The summed E-state index contributed by atoms with van der Waals surface area (Å²) in [6.45, 7) is 4.93. The van der Waals surface area contributed by atoms with E-state index in [9.17, 15) is 5.11 Å². The summed E-state index contributed by atoms with van der Waals surface area (Å²) in [5, 5.41) is 23.0. The predicted molar refractivity (Wildman–Crippen MR) is 94.2 cm³/mol. The van der Waals surface area contributed by atoms with E-state index < -0.39 is 6.10 Å². The summed E-state index contributed by atoms with van der Waals surface area (Å²) in [6.07, 6.45) is 1.78. The van der Waals surface area contributed by atoms with Crippen LogP contribution in [0, 0.1) is 0 Å². The highest BCUT2D eigenvalue weighted by molar-refractivity contribution is 5.68. The maximum Gasteiger partial charge on any atom is 0.200 e. The van der Waals surface area contributed by atoms with Crippen molar-refractivity contribution in [3.63, 3.8) is 0 Å². The number of aliphatic hydroxyl groups is 1. The van der Waals surface area contributed by atoms with Crippen molar-refractivity contribution in [2.75, 3.05) is 18.5 Å². The van der Waals surface area contributed by atoms with Crippen molar-refractivity contribution in [3.8, 4) is 0 Å². The van der Waals surface area contributed by atoms with Gasteiger partial charge in [-0.25, -0.2) is 0 Å². The number of hydrogen-bond donors (Lipinski definition) is 1. The summed E-state index contributed by atoms with van der Waals surface area (Å²) in [7, 11) is 2.01. The Kier molecular flexibility index (Phi) is 4.76. The van der Waals surface area contributed by atoms with Crippen LogP contribution in [0.5, 0.6) is 0 Å². The highest BCUT2D eigenvalue weighted by Crippen LogP contribution is 2.24. The SMILES string of the molecule is CC(C)c1cc(N(C)CCC(O)c2ccccc2)c2nncn2n1. The lowest BCUT2D eigenvalue weighted by atomic mass is 10.1. The van der Waals surface area contributed by atoms with Crippen LogP contribution in [-0.4, -0.2) is 38.5 Å². The molecule has 0 radical (unpaired) electrons. The van der Waals surface area contributed by atoms with Crippen LogP contribution in [0.4, 0.5) is 5.69 Å². The standard InChI is InChI=1S/C18H23N5O/c1-13(2)15-11-16(18-20-19-12-23(18)21-15)22(3)10-9-17(24)14-7-5-4-6-8-14/h4-8,11-13,17,24H,9-10H2,1-3H3. The van der Waals surface area contributed by atoms with Gasteiger partial charge in [-0.15, -0.1) is 10.2 Å². The summed E-state index contributed by atoms with van der Waals surface area (Å²) in [6, 6.07) is 11.8. The number of benzene rings is 1. The number of nitrogens with zero attached hydrogens (tertiary/aromatic N) is 5. The molecule has 1 unspecified atom stereocenters. The van der Waals surface area contributed by atoms with Gasteiger partial charge in [-0.2, -0.15) is 9.61 Å². The van der Waals surface area contributed by atoms with E-state index in [-0.39, 0.29) is 0 Å². The zero-order chi connectivity index (χ0) is 17.1. The van der Waals surface area contributed by atoms with Crippen LogP contribution in [0.1, 0.15) is 43.5 Å². The van der Waals surface area contributed by atoms with E-state index in [4.69, 9.17) is 0 Å². The van der Waals surface area contributed by atoms with Gasteiger partial charge >= 0.3 is 0 Å². The molecule has 1 N–H and O–H groups in total. The molecule has 6 nitrogen and oxygen atoms in total. The van der Waals surface area contributed by atoms with E-state index in [1.807, 2.05) is 37.4 Å². The Morgan fingerprint density at radius 2 is 1.96 bits per heavy atom. The molecule has 0 saturated heterocycles. The van der Waals surface area contributed by atoms with Crippen molar-refractivity contribution >= 4 is 11.3 Å². The van der Waals surface area contributed by atoms with E-state index in [2.05, 4.69) is 40.1 Å². The van der Waals surface area contributed by atoms with E-state index in [1.165, 1.54) is 0 Å². The lowest BCUT2D eigenvalue weighted by Gasteiger charge is -2.22. The molecule has 6 heteroatoms. The maximum atomic E-state index is 10.4. The molecule has 1 aromatic carbocycles. The third-order valence-electron chi connectivity index (χ3n) is 4.19. The molecule has 0 saturated carbocycles. The number of fused-ring (bicyclic) bond motifs is 1. The molecule has 24 heavy (non-hydrogen) atoms. The minimum absolute atomic E-state index is 0.318. The van der Waals surface area contributed by atoms with Crippen LogP contribution in [0.3, 0.4) is 0 Å². The zero-order valence-electron chi connectivity index (χ0n) is 14.3. The van der Waals surface area contributed by atoms with Gasteiger partial charge in [0.15, 0.2) is 0 Å². The molecule has 2 aromatic heterocycles. The normalized spacial score (nSPS) is 12.7. The second kappa shape index (κ2) is 6.97. The molecule has 0 spiro atoms. The Labute approximate surface area is 141 Å². The van der Waals surface area contributed by atoms with Crippen molar-refractivity contribution < 1.29 is 5.11 Å². The fourth-order valence-electron chi connectivity index (χ4n) is 2.67. The summed E-state index contributed by atoms with van der Waals surface area (Å²) in [4.78, 5) is 2.10. The highest BCUT2D eigenvalue weighted by Gasteiger charge is 2.15. The highest BCUT2D eigenvalue weighted by atomic mass is 16.3. The lowest BCUT2D eigenvalue weighted by molar-refractivity contribution is 0.170. The topological polar surface area (TPSA) is 66.5 Å². The average molecular weight is 325 g/mol. The van der Waals surface area contributed by atoms with Crippen LogP contribution in [0.25, 0.3) is 5.65 Å². The Bertz CT molecular complexity index is 800. The summed E-state index contributed by atoms with van der Waals surface area (Å²) in [5.41, 5.74) is 3.64. The van der Waals surface area contributed by atoms with E-state index in [0.29, 0.717) is 18.9 Å². The van der Waals surface area contributed by atoms with Gasteiger partial charge in [0, 0.05) is 13.6 Å². The van der Waals surface area contributed by atoms with Gasteiger partial charge in [-0.1, -0.05) is 44.2 Å². The first kappa shape index (κ1) is 16.4. The van der Waals surface area contributed by atoms with E-state index in [0.717, 1.165) is 22.6 Å². The molecule has 0 aliphatic carbocycles. The van der Waals surface area contributed by atoms with E-state index >= 15 is 0 Å². The first-order valence-corrected chi connectivity index (χ1v) is 8.21. The van der Waals surface area contributed by atoms with Crippen molar-refractivity contribution in [3.05, 3.63) is 54.0 Å². The maximum absolute atomic E-state index is 10.4.